The summed E-state index contributed by atoms with van der Waals surface area (Å²) in [6.07, 6.45) is 0. The van der Waals surface area contributed by atoms with Crippen LogP contribution in [-0.2, 0) is 7.05 Å². The molecule has 3 rings (SSSR count). The normalized spacial score (nSPS) is 11.9. The number of carbonyl (C=O) groups is 1. The molecule has 0 fully saturated rings. The number of rotatable bonds is 4. The van der Waals surface area contributed by atoms with Crippen molar-refractivity contribution in [1.29, 1.82) is 0 Å². The molecule has 1 heterocycles. The number of urea groups is 1. The zero-order valence-electron chi connectivity index (χ0n) is 15.1. The zero-order chi connectivity index (χ0) is 19.6. The molecule has 2 aromatic carbocycles. The summed E-state index contributed by atoms with van der Waals surface area (Å²) in [6, 6.07) is 11.0. The number of halogens is 1. The summed E-state index contributed by atoms with van der Waals surface area (Å²) in [7, 11) is 3.15. The van der Waals surface area contributed by atoms with Gasteiger partial charge in [0.05, 0.1) is 29.7 Å². The van der Waals surface area contributed by atoms with E-state index in [0.717, 1.165) is 0 Å². The summed E-state index contributed by atoms with van der Waals surface area (Å²) < 4.78 is 6.64. The van der Waals surface area contributed by atoms with E-state index in [1.807, 2.05) is 6.07 Å². The van der Waals surface area contributed by atoms with Crippen LogP contribution in [0.15, 0.2) is 47.3 Å². The van der Waals surface area contributed by atoms with Crippen LogP contribution in [0.1, 0.15) is 18.8 Å². The van der Waals surface area contributed by atoms with Crippen molar-refractivity contribution in [2.75, 3.05) is 12.4 Å². The maximum absolute atomic E-state index is 12.6. The molecule has 0 radical (unpaired) electrons. The fourth-order valence-electron chi connectivity index (χ4n) is 2.82. The van der Waals surface area contributed by atoms with E-state index in [0.29, 0.717) is 33.2 Å². The van der Waals surface area contributed by atoms with Crippen LogP contribution in [-0.4, -0.2) is 22.7 Å². The summed E-state index contributed by atoms with van der Waals surface area (Å²) in [5.74, 6) is 0.969. The van der Waals surface area contributed by atoms with Gasteiger partial charge in [-0.2, -0.15) is 0 Å². The number of aromatic nitrogens is 2. The van der Waals surface area contributed by atoms with E-state index in [2.05, 4.69) is 15.6 Å². The van der Waals surface area contributed by atoms with Gasteiger partial charge in [-0.1, -0.05) is 23.7 Å². The number of para-hydroxylation sites is 2. The number of nitrogens with one attached hydrogen (secondary N) is 2. The average molecular weight is 387 g/mol. The molecule has 7 nitrogen and oxygen atoms in total. The van der Waals surface area contributed by atoms with Gasteiger partial charge in [-0.05, 0) is 37.3 Å². The summed E-state index contributed by atoms with van der Waals surface area (Å²) in [5, 5.41) is 6.47. The van der Waals surface area contributed by atoms with Gasteiger partial charge >= 0.3 is 6.03 Å². The van der Waals surface area contributed by atoms with Crippen LogP contribution in [0.2, 0.25) is 5.02 Å². The molecule has 2 N–H and O–H groups in total. The first kappa shape index (κ1) is 18.7. The highest BCUT2D eigenvalue weighted by Gasteiger charge is 2.17. The number of fused-ring (bicyclic) bond motifs is 1. The summed E-state index contributed by atoms with van der Waals surface area (Å²) >= 11 is 6.01. The zero-order valence-corrected chi connectivity index (χ0v) is 15.9. The van der Waals surface area contributed by atoms with Crippen molar-refractivity contribution in [3.8, 4) is 5.75 Å². The van der Waals surface area contributed by atoms with Crippen LogP contribution < -0.4 is 20.9 Å². The van der Waals surface area contributed by atoms with Crippen molar-refractivity contribution in [2.24, 2.45) is 7.05 Å². The second-order valence-corrected chi connectivity index (χ2v) is 6.45. The fraction of sp³-hybridized carbons (Fsp3) is 0.211. The van der Waals surface area contributed by atoms with E-state index < -0.39 is 12.1 Å². The Hall–Kier alpha value is -3.06. The molecule has 140 valence electrons. The molecule has 3 aromatic rings. The molecule has 1 aromatic heterocycles. The van der Waals surface area contributed by atoms with Crippen molar-refractivity contribution >= 4 is 34.2 Å². The predicted molar refractivity (Wildman–Crippen MR) is 106 cm³/mol. The Balaban J connectivity index is 1.85. The maximum atomic E-state index is 12.6. The highest BCUT2D eigenvalue weighted by molar-refractivity contribution is 6.31. The number of nitrogens with zero attached hydrogens (tertiary/aromatic N) is 2. The topological polar surface area (TPSA) is 85.2 Å². The number of hydrogen-bond donors (Lipinski definition) is 2. The first-order chi connectivity index (χ1) is 12.9. The lowest BCUT2D eigenvalue weighted by atomic mass is 10.2. The van der Waals surface area contributed by atoms with Crippen LogP contribution in [0.4, 0.5) is 10.5 Å². The Morgan fingerprint density at radius 1 is 1.26 bits per heavy atom. The van der Waals surface area contributed by atoms with Crippen LogP contribution in [0.5, 0.6) is 5.75 Å². The van der Waals surface area contributed by atoms with Crippen LogP contribution in [0.25, 0.3) is 10.9 Å². The van der Waals surface area contributed by atoms with E-state index in [4.69, 9.17) is 16.3 Å². The lowest BCUT2D eigenvalue weighted by molar-refractivity contribution is 0.248. The van der Waals surface area contributed by atoms with E-state index in [1.54, 1.807) is 50.4 Å². The van der Waals surface area contributed by atoms with E-state index in [9.17, 15) is 9.59 Å². The standard InChI is InChI=1S/C19H19ClN4O3/c1-11(21-19(26)23-14-6-4-5-7-16(14)27-3)17-22-15-10-12(20)8-9-13(15)18(25)24(17)2/h4-11H,1-3H3,(H2,21,23,26)/t11-/m0/s1. The largest absolute Gasteiger partial charge is 0.495 e. The van der Waals surface area contributed by atoms with Crippen molar-refractivity contribution in [2.45, 2.75) is 13.0 Å². The monoisotopic (exact) mass is 386 g/mol. The molecule has 0 aliphatic carbocycles. The second kappa shape index (κ2) is 7.67. The lowest BCUT2D eigenvalue weighted by Crippen LogP contribution is -2.35. The fourth-order valence-corrected chi connectivity index (χ4v) is 2.98. The number of hydrogen-bond acceptors (Lipinski definition) is 4. The number of benzene rings is 2. The molecule has 0 aliphatic heterocycles. The number of ether oxygens (including phenoxy) is 1. The van der Waals surface area contributed by atoms with E-state index in [-0.39, 0.29) is 5.56 Å². The predicted octanol–water partition coefficient (Wildman–Crippen LogP) is 3.48. The third-order valence-corrected chi connectivity index (χ3v) is 4.40. The Bertz CT molecular complexity index is 1060. The molecule has 1 atom stereocenters. The molecule has 2 amide bonds. The van der Waals surface area contributed by atoms with E-state index >= 15 is 0 Å². The number of methoxy groups -OCH3 is 1. The van der Waals surface area contributed by atoms with Crippen LogP contribution in [0, 0.1) is 0 Å². The van der Waals surface area contributed by atoms with Gasteiger partial charge in [0.1, 0.15) is 11.6 Å². The van der Waals surface area contributed by atoms with Crippen molar-refractivity contribution in [3.63, 3.8) is 0 Å². The van der Waals surface area contributed by atoms with Crippen molar-refractivity contribution in [3.05, 3.63) is 63.7 Å². The molecule has 0 saturated carbocycles. The molecule has 0 aliphatic rings. The SMILES string of the molecule is COc1ccccc1NC(=O)N[C@@H](C)c1nc2cc(Cl)ccc2c(=O)n1C. The van der Waals surface area contributed by atoms with Gasteiger partial charge in [-0.15, -0.1) is 0 Å². The Kier molecular flexibility index (Phi) is 5.32. The van der Waals surface area contributed by atoms with Gasteiger partial charge in [0.15, 0.2) is 0 Å². The van der Waals surface area contributed by atoms with Gasteiger partial charge in [0.2, 0.25) is 0 Å². The number of anilines is 1. The van der Waals surface area contributed by atoms with Gasteiger partial charge in [0.25, 0.3) is 5.56 Å². The van der Waals surface area contributed by atoms with Gasteiger partial charge in [-0.25, -0.2) is 9.78 Å². The third-order valence-electron chi connectivity index (χ3n) is 4.16. The first-order valence-electron chi connectivity index (χ1n) is 8.27. The molecule has 27 heavy (non-hydrogen) atoms. The van der Waals surface area contributed by atoms with Crippen molar-refractivity contribution < 1.29 is 9.53 Å². The first-order valence-corrected chi connectivity index (χ1v) is 8.65. The van der Waals surface area contributed by atoms with Gasteiger partial charge < -0.3 is 15.4 Å². The Labute approximate surface area is 160 Å². The molecular weight excluding hydrogens is 368 g/mol. The minimum atomic E-state index is -0.513. The summed E-state index contributed by atoms with van der Waals surface area (Å²) in [5.41, 5.74) is 0.821. The van der Waals surface area contributed by atoms with E-state index in [1.165, 1.54) is 11.7 Å². The quantitative estimate of drug-likeness (QED) is 0.718. The number of amides is 2. The summed E-state index contributed by atoms with van der Waals surface area (Å²) in [6.45, 7) is 1.75. The molecule has 0 bridgehead atoms. The molecule has 0 unspecified atom stereocenters. The molecular formula is C19H19ClN4O3. The smallest absolute Gasteiger partial charge is 0.319 e. The lowest BCUT2D eigenvalue weighted by Gasteiger charge is -2.18. The highest BCUT2D eigenvalue weighted by Crippen LogP contribution is 2.23. The number of carbonyl (C=O) groups excluding carboxylic acids is 1. The van der Waals surface area contributed by atoms with Crippen molar-refractivity contribution in [1.82, 2.24) is 14.9 Å². The van der Waals surface area contributed by atoms with Crippen LogP contribution in [0.3, 0.4) is 0 Å². The van der Waals surface area contributed by atoms with Crippen LogP contribution >= 0.6 is 11.6 Å². The maximum Gasteiger partial charge on any atom is 0.319 e. The second-order valence-electron chi connectivity index (χ2n) is 6.02. The Morgan fingerprint density at radius 2 is 2.00 bits per heavy atom. The highest BCUT2D eigenvalue weighted by atomic mass is 35.5. The molecule has 8 heteroatoms. The minimum absolute atomic E-state index is 0.203. The summed E-state index contributed by atoms with van der Waals surface area (Å²) in [4.78, 5) is 29.4. The van der Waals surface area contributed by atoms with Gasteiger partial charge in [-0.3, -0.25) is 9.36 Å². The third kappa shape index (κ3) is 3.88. The minimum Gasteiger partial charge on any atom is -0.495 e. The average Bonchev–Trinajstić information content (AvgIpc) is 2.64. The molecule has 0 saturated heterocycles. The molecule has 0 spiro atoms. The van der Waals surface area contributed by atoms with Gasteiger partial charge in [0, 0.05) is 12.1 Å². The Morgan fingerprint density at radius 3 is 2.74 bits per heavy atom.